The lowest BCUT2D eigenvalue weighted by atomic mass is 10.1. The van der Waals surface area contributed by atoms with Gasteiger partial charge in [0.05, 0.1) is 10.2 Å². The van der Waals surface area contributed by atoms with Gasteiger partial charge >= 0.3 is 0 Å². The summed E-state index contributed by atoms with van der Waals surface area (Å²) in [5.74, 6) is 0. The molecular weight excluding hydrogens is 330 g/mol. The van der Waals surface area contributed by atoms with Gasteiger partial charge in [-0.2, -0.15) is 0 Å². The van der Waals surface area contributed by atoms with E-state index >= 15 is 0 Å². The van der Waals surface area contributed by atoms with Crippen molar-refractivity contribution in [3.05, 3.63) is 78.6 Å². The van der Waals surface area contributed by atoms with Crippen LogP contribution in [0.15, 0.2) is 73.1 Å². The smallest absolute Gasteiger partial charge is 0.185 e. The number of thiazole rings is 1. The first-order chi connectivity index (χ1) is 12.3. The van der Waals surface area contributed by atoms with E-state index in [0.717, 1.165) is 32.0 Å². The predicted molar refractivity (Wildman–Crippen MR) is 103 cm³/mol. The molecule has 0 saturated carbocycles. The maximum absolute atomic E-state index is 10.3. The topological polar surface area (TPSA) is 58.0 Å². The number of fused-ring (bicyclic) bond motifs is 1. The molecule has 4 aromatic rings. The van der Waals surface area contributed by atoms with Gasteiger partial charge in [0, 0.05) is 18.8 Å². The minimum atomic E-state index is -0.664. The zero-order valence-corrected chi connectivity index (χ0v) is 14.3. The van der Waals surface area contributed by atoms with E-state index in [4.69, 9.17) is 0 Å². The van der Waals surface area contributed by atoms with E-state index in [2.05, 4.69) is 27.4 Å². The standard InChI is InChI=1S/C20H17N3OS/c24-19(12-14-4-2-1-3-5-14)23-20-22-17-7-6-16(13-18(17)25-20)15-8-10-21-11-9-15/h1-11,13,19,24H,12H2,(H,22,23). The van der Waals surface area contributed by atoms with Crippen LogP contribution in [-0.2, 0) is 6.42 Å². The van der Waals surface area contributed by atoms with Gasteiger partial charge in [0.2, 0.25) is 0 Å². The first-order valence-corrected chi connectivity index (χ1v) is 8.89. The van der Waals surface area contributed by atoms with Crippen LogP contribution in [0, 0.1) is 0 Å². The maximum Gasteiger partial charge on any atom is 0.185 e. The minimum absolute atomic E-state index is 0.541. The Hall–Kier alpha value is -2.76. The lowest BCUT2D eigenvalue weighted by Gasteiger charge is -2.11. The predicted octanol–water partition coefficient (Wildman–Crippen LogP) is 4.33. The molecule has 1 unspecified atom stereocenters. The molecule has 2 heterocycles. The van der Waals surface area contributed by atoms with Crippen molar-refractivity contribution in [2.24, 2.45) is 0 Å². The van der Waals surface area contributed by atoms with Gasteiger partial charge in [0.15, 0.2) is 5.13 Å². The van der Waals surface area contributed by atoms with Gasteiger partial charge in [0.1, 0.15) is 6.23 Å². The summed E-state index contributed by atoms with van der Waals surface area (Å²) in [4.78, 5) is 8.62. The Labute approximate surface area is 149 Å². The molecule has 0 aliphatic rings. The molecule has 0 aliphatic carbocycles. The lowest BCUT2D eigenvalue weighted by molar-refractivity contribution is 0.204. The van der Waals surface area contributed by atoms with E-state index in [1.165, 1.54) is 0 Å². The SMILES string of the molecule is OC(Cc1ccccc1)Nc1nc2ccc(-c3ccncc3)cc2s1. The summed E-state index contributed by atoms with van der Waals surface area (Å²) in [5.41, 5.74) is 4.28. The Morgan fingerprint density at radius 2 is 1.76 bits per heavy atom. The summed E-state index contributed by atoms with van der Waals surface area (Å²) in [6.45, 7) is 0. The average Bonchev–Trinajstić information content (AvgIpc) is 3.04. The lowest BCUT2D eigenvalue weighted by Crippen LogP contribution is -2.21. The van der Waals surface area contributed by atoms with Crippen LogP contribution < -0.4 is 5.32 Å². The molecule has 0 saturated heterocycles. The number of pyridine rings is 1. The van der Waals surface area contributed by atoms with Gasteiger partial charge < -0.3 is 10.4 Å². The number of anilines is 1. The summed E-state index contributed by atoms with van der Waals surface area (Å²) >= 11 is 1.55. The molecule has 0 amide bonds. The molecule has 0 aliphatic heterocycles. The molecule has 1 atom stereocenters. The van der Waals surface area contributed by atoms with Crippen LogP contribution in [0.3, 0.4) is 0 Å². The second-order valence-corrected chi connectivity index (χ2v) is 6.82. The van der Waals surface area contributed by atoms with E-state index in [1.54, 1.807) is 23.7 Å². The van der Waals surface area contributed by atoms with Crippen LogP contribution in [0.5, 0.6) is 0 Å². The quantitative estimate of drug-likeness (QED) is 0.528. The molecule has 4 nitrogen and oxygen atoms in total. The van der Waals surface area contributed by atoms with E-state index in [9.17, 15) is 5.11 Å². The molecule has 124 valence electrons. The largest absolute Gasteiger partial charge is 0.373 e. The number of aromatic nitrogens is 2. The third kappa shape index (κ3) is 3.68. The molecule has 0 bridgehead atoms. The summed E-state index contributed by atoms with van der Waals surface area (Å²) in [7, 11) is 0. The monoisotopic (exact) mass is 347 g/mol. The number of nitrogens with one attached hydrogen (secondary N) is 1. The summed E-state index contributed by atoms with van der Waals surface area (Å²) in [6.07, 6.45) is 3.46. The van der Waals surface area contributed by atoms with Crippen LogP contribution in [0.25, 0.3) is 21.3 Å². The Morgan fingerprint density at radius 1 is 0.960 bits per heavy atom. The van der Waals surface area contributed by atoms with E-state index < -0.39 is 6.23 Å². The number of aliphatic hydroxyl groups excluding tert-OH is 1. The third-order valence-corrected chi connectivity index (χ3v) is 4.91. The van der Waals surface area contributed by atoms with Crippen molar-refractivity contribution < 1.29 is 5.11 Å². The third-order valence-electron chi connectivity index (χ3n) is 3.96. The number of aliphatic hydroxyl groups is 1. The maximum atomic E-state index is 10.3. The average molecular weight is 347 g/mol. The molecule has 2 aromatic carbocycles. The number of hydrogen-bond acceptors (Lipinski definition) is 5. The number of rotatable bonds is 5. The van der Waals surface area contributed by atoms with Crippen molar-refractivity contribution >= 4 is 26.7 Å². The first kappa shape index (κ1) is 15.7. The zero-order valence-electron chi connectivity index (χ0n) is 13.5. The fraction of sp³-hybridized carbons (Fsp3) is 0.100. The van der Waals surface area contributed by atoms with Crippen LogP contribution in [-0.4, -0.2) is 21.3 Å². The van der Waals surface area contributed by atoms with Crippen molar-refractivity contribution in [3.63, 3.8) is 0 Å². The number of hydrogen-bond donors (Lipinski definition) is 2. The first-order valence-electron chi connectivity index (χ1n) is 8.07. The van der Waals surface area contributed by atoms with Gasteiger partial charge in [-0.1, -0.05) is 47.7 Å². The van der Waals surface area contributed by atoms with Gasteiger partial charge in [-0.05, 0) is 41.0 Å². The molecule has 2 aromatic heterocycles. The normalized spacial score (nSPS) is 12.2. The molecule has 5 heteroatoms. The van der Waals surface area contributed by atoms with Crippen LogP contribution in [0.4, 0.5) is 5.13 Å². The van der Waals surface area contributed by atoms with Gasteiger partial charge in [-0.25, -0.2) is 4.98 Å². The summed E-state index contributed by atoms with van der Waals surface area (Å²) < 4.78 is 1.09. The van der Waals surface area contributed by atoms with Crippen molar-refractivity contribution in [2.75, 3.05) is 5.32 Å². The highest BCUT2D eigenvalue weighted by atomic mass is 32.1. The highest BCUT2D eigenvalue weighted by Crippen LogP contribution is 2.30. The fourth-order valence-corrected chi connectivity index (χ4v) is 3.69. The zero-order chi connectivity index (χ0) is 17.1. The minimum Gasteiger partial charge on any atom is -0.373 e. The van der Waals surface area contributed by atoms with Crippen molar-refractivity contribution in [1.29, 1.82) is 0 Å². The Bertz CT molecular complexity index is 970. The molecule has 0 radical (unpaired) electrons. The molecule has 0 spiro atoms. The van der Waals surface area contributed by atoms with E-state index in [0.29, 0.717) is 6.42 Å². The van der Waals surface area contributed by atoms with Crippen LogP contribution in [0.2, 0.25) is 0 Å². The molecule has 25 heavy (non-hydrogen) atoms. The van der Waals surface area contributed by atoms with E-state index in [-0.39, 0.29) is 0 Å². The second-order valence-electron chi connectivity index (χ2n) is 5.79. The van der Waals surface area contributed by atoms with Crippen molar-refractivity contribution in [1.82, 2.24) is 9.97 Å². The highest BCUT2D eigenvalue weighted by molar-refractivity contribution is 7.22. The molecule has 2 N–H and O–H groups in total. The van der Waals surface area contributed by atoms with Crippen LogP contribution in [0.1, 0.15) is 5.56 Å². The van der Waals surface area contributed by atoms with Gasteiger partial charge in [-0.3, -0.25) is 4.98 Å². The molecule has 4 rings (SSSR count). The Kier molecular flexibility index (Phi) is 4.41. The van der Waals surface area contributed by atoms with Gasteiger partial charge in [-0.15, -0.1) is 0 Å². The summed E-state index contributed by atoms with van der Waals surface area (Å²) in [6, 6.07) is 20.1. The number of benzene rings is 2. The van der Waals surface area contributed by atoms with Crippen molar-refractivity contribution in [2.45, 2.75) is 12.6 Å². The van der Waals surface area contributed by atoms with E-state index in [1.807, 2.05) is 48.5 Å². The molecular formula is C20H17N3OS. The summed E-state index contributed by atoms with van der Waals surface area (Å²) in [5, 5.41) is 14.1. The fourth-order valence-electron chi connectivity index (χ4n) is 2.74. The van der Waals surface area contributed by atoms with Crippen molar-refractivity contribution in [3.8, 4) is 11.1 Å². The van der Waals surface area contributed by atoms with Gasteiger partial charge in [0.25, 0.3) is 0 Å². The Morgan fingerprint density at radius 3 is 2.56 bits per heavy atom. The second kappa shape index (κ2) is 7.01. The Balaban J connectivity index is 1.53. The number of nitrogens with zero attached hydrogens (tertiary/aromatic N) is 2. The molecule has 0 fully saturated rings. The highest BCUT2D eigenvalue weighted by Gasteiger charge is 2.10. The van der Waals surface area contributed by atoms with Crippen LogP contribution >= 0.6 is 11.3 Å².